The summed E-state index contributed by atoms with van der Waals surface area (Å²) in [5.41, 5.74) is 3.62. The standard InChI is InChI=1S/C19H20N4OS/c1-13-3-5-15(6-4-13)16-11-25-19-17(16)18(20-12-21-19)23-9-7-22(8-10-23)14(2)24/h3-6,11-12H,7-10H2,1-2H3. The number of amides is 1. The van der Waals surface area contributed by atoms with Crippen molar-refractivity contribution >= 4 is 33.3 Å². The maximum atomic E-state index is 11.6. The molecule has 2 aromatic heterocycles. The number of carbonyl (C=O) groups excluding carboxylic acids is 1. The zero-order chi connectivity index (χ0) is 17.4. The van der Waals surface area contributed by atoms with Crippen LogP contribution in [0.4, 0.5) is 5.82 Å². The van der Waals surface area contributed by atoms with E-state index in [4.69, 9.17) is 0 Å². The summed E-state index contributed by atoms with van der Waals surface area (Å²) >= 11 is 1.65. The summed E-state index contributed by atoms with van der Waals surface area (Å²) in [7, 11) is 0. The molecule has 0 radical (unpaired) electrons. The fraction of sp³-hybridized carbons (Fsp3) is 0.316. The van der Waals surface area contributed by atoms with Crippen LogP contribution in [0.5, 0.6) is 0 Å². The van der Waals surface area contributed by atoms with Gasteiger partial charge in [-0.2, -0.15) is 0 Å². The van der Waals surface area contributed by atoms with E-state index >= 15 is 0 Å². The Balaban J connectivity index is 1.74. The van der Waals surface area contributed by atoms with Crippen molar-refractivity contribution in [3.63, 3.8) is 0 Å². The Morgan fingerprint density at radius 1 is 1.08 bits per heavy atom. The number of carbonyl (C=O) groups is 1. The van der Waals surface area contributed by atoms with Crippen molar-refractivity contribution in [3.05, 3.63) is 41.5 Å². The number of hydrogen-bond donors (Lipinski definition) is 0. The fourth-order valence-corrected chi connectivity index (χ4v) is 4.19. The van der Waals surface area contributed by atoms with Gasteiger partial charge in [-0.1, -0.05) is 29.8 Å². The number of hydrogen-bond acceptors (Lipinski definition) is 5. The topological polar surface area (TPSA) is 49.3 Å². The summed E-state index contributed by atoms with van der Waals surface area (Å²) in [6, 6.07) is 8.57. The third kappa shape index (κ3) is 2.98. The Morgan fingerprint density at radius 2 is 1.80 bits per heavy atom. The van der Waals surface area contributed by atoms with Crippen molar-refractivity contribution < 1.29 is 4.79 Å². The highest BCUT2D eigenvalue weighted by Crippen LogP contribution is 2.38. The zero-order valence-corrected chi connectivity index (χ0v) is 15.2. The molecule has 0 N–H and O–H groups in total. The van der Waals surface area contributed by atoms with E-state index < -0.39 is 0 Å². The molecule has 0 aliphatic carbocycles. The number of piperazine rings is 1. The van der Waals surface area contributed by atoms with Crippen LogP contribution in [0.3, 0.4) is 0 Å². The molecule has 3 aromatic rings. The molecule has 5 nitrogen and oxygen atoms in total. The number of aromatic nitrogens is 2. The first-order valence-electron chi connectivity index (χ1n) is 8.43. The normalized spacial score (nSPS) is 15.0. The fourth-order valence-electron chi connectivity index (χ4n) is 3.28. The molecule has 25 heavy (non-hydrogen) atoms. The van der Waals surface area contributed by atoms with Gasteiger partial charge in [-0.15, -0.1) is 11.3 Å². The van der Waals surface area contributed by atoms with Gasteiger partial charge in [0.2, 0.25) is 5.91 Å². The highest BCUT2D eigenvalue weighted by atomic mass is 32.1. The van der Waals surface area contributed by atoms with Crippen LogP contribution in [-0.4, -0.2) is 47.0 Å². The van der Waals surface area contributed by atoms with Gasteiger partial charge >= 0.3 is 0 Å². The minimum atomic E-state index is 0.142. The lowest BCUT2D eigenvalue weighted by molar-refractivity contribution is -0.129. The predicted octanol–water partition coefficient (Wildman–Crippen LogP) is 3.34. The maximum Gasteiger partial charge on any atom is 0.219 e. The first-order valence-corrected chi connectivity index (χ1v) is 9.31. The predicted molar refractivity (Wildman–Crippen MR) is 102 cm³/mol. The molecule has 0 unspecified atom stereocenters. The Labute approximate surface area is 150 Å². The third-order valence-electron chi connectivity index (χ3n) is 4.74. The summed E-state index contributed by atoms with van der Waals surface area (Å²) in [6.07, 6.45) is 1.64. The SMILES string of the molecule is CC(=O)N1CCN(c2ncnc3scc(-c4ccc(C)cc4)c23)CC1. The number of thiophene rings is 1. The number of rotatable bonds is 2. The molecular weight excluding hydrogens is 332 g/mol. The molecule has 1 aromatic carbocycles. The first-order chi connectivity index (χ1) is 12.1. The lowest BCUT2D eigenvalue weighted by Gasteiger charge is -2.35. The van der Waals surface area contributed by atoms with Crippen LogP contribution in [0.15, 0.2) is 36.0 Å². The molecule has 6 heteroatoms. The van der Waals surface area contributed by atoms with E-state index in [0.717, 1.165) is 42.2 Å². The molecule has 0 spiro atoms. The number of nitrogens with zero attached hydrogens (tertiary/aromatic N) is 4. The van der Waals surface area contributed by atoms with Gasteiger partial charge in [0.15, 0.2) is 0 Å². The molecule has 3 heterocycles. The average molecular weight is 352 g/mol. The van der Waals surface area contributed by atoms with E-state index in [-0.39, 0.29) is 5.91 Å². The summed E-state index contributed by atoms with van der Waals surface area (Å²) in [5, 5.41) is 3.28. The molecule has 1 amide bonds. The Hall–Kier alpha value is -2.47. The molecule has 1 fully saturated rings. The average Bonchev–Trinajstić information content (AvgIpc) is 3.07. The molecule has 4 rings (SSSR count). The van der Waals surface area contributed by atoms with E-state index in [9.17, 15) is 4.79 Å². The van der Waals surface area contributed by atoms with Crippen LogP contribution < -0.4 is 4.90 Å². The van der Waals surface area contributed by atoms with E-state index in [1.165, 1.54) is 16.7 Å². The van der Waals surface area contributed by atoms with Gasteiger partial charge in [0.05, 0.1) is 5.39 Å². The molecule has 1 aliphatic rings. The third-order valence-corrected chi connectivity index (χ3v) is 5.62. The molecule has 0 bridgehead atoms. The highest BCUT2D eigenvalue weighted by Gasteiger charge is 2.23. The number of anilines is 1. The van der Waals surface area contributed by atoms with E-state index in [1.54, 1.807) is 24.6 Å². The smallest absolute Gasteiger partial charge is 0.219 e. The van der Waals surface area contributed by atoms with E-state index in [1.807, 2.05) is 4.90 Å². The van der Waals surface area contributed by atoms with E-state index in [0.29, 0.717) is 0 Å². The van der Waals surface area contributed by atoms with Crippen molar-refractivity contribution in [2.24, 2.45) is 0 Å². The number of aryl methyl sites for hydroxylation is 1. The van der Waals surface area contributed by atoms with Crippen LogP contribution >= 0.6 is 11.3 Å². The Bertz CT molecular complexity index is 911. The van der Waals surface area contributed by atoms with E-state index in [2.05, 4.69) is 51.4 Å². The second-order valence-corrected chi connectivity index (χ2v) is 7.24. The molecule has 128 valence electrons. The summed E-state index contributed by atoms with van der Waals surface area (Å²) in [4.78, 5) is 25.8. The van der Waals surface area contributed by atoms with Gasteiger partial charge in [0.1, 0.15) is 17.0 Å². The first kappa shape index (κ1) is 16.0. The molecule has 0 saturated carbocycles. The number of benzene rings is 1. The van der Waals surface area contributed by atoms with Crippen molar-refractivity contribution in [2.75, 3.05) is 31.1 Å². The maximum absolute atomic E-state index is 11.6. The highest BCUT2D eigenvalue weighted by molar-refractivity contribution is 7.17. The van der Waals surface area contributed by atoms with Crippen LogP contribution in [0.25, 0.3) is 21.3 Å². The summed E-state index contributed by atoms with van der Waals surface area (Å²) in [5.74, 6) is 1.12. The second kappa shape index (κ2) is 6.44. The largest absolute Gasteiger partial charge is 0.352 e. The van der Waals surface area contributed by atoms with Gasteiger partial charge in [-0.3, -0.25) is 4.79 Å². The molecule has 0 atom stereocenters. The second-order valence-electron chi connectivity index (χ2n) is 6.39. The van der Waals surface area contributed by atoms with Crippen molar-refractivity contribution in [1.82, 2.24) is 14.9 Å². The van der Waals surface area contributed by atoms with Crippen molar-refractivity contribution in [1.29, 1.82) is 0 Å². The molecule has 1 saturated heterocycles. The monoisotopic (exact) mass is 352 g/mol. The summed E-state index contributed by atoms with van der Waals surface area (Å²) in [6.45, 7) is 6.81. The van der Waals surface area contributed by atoms with Gasteiger partial charge in [-0.25, -0.2) is 9.97 Å². The summed E-state index contributed by atoms with van der Waals surface area (Å²) < 4.78 is 0. The van der Waals surface area contributed by atoms with Crippen molar-refractivity contribution in [2.45, 2.75) is 13.8 Å². The van der Waals surface area contributed by atoms with Gasteiger partial charge in [-0.05, 0) is 12.5 Å². The van der Waals surface area contributed by atoms with Crippen LogP contribution in [-0.2, 0) is 4.79 Å². The molecule has 1 aliphatic heterocycles. The Kier molecular flexibility index (Phi) is 4.13. The Morgan fingerprint density at radius 3 is 2.48 bits per heavy atom. The van der Waals surface area contributed by atoms with Crippen molar-refractivity contribution in [3.8, 4) is 11.1 Å². The molecular formula is C19H20N4OS. The van der Waals surface area contributed by atoms with Gasteiger partial charge < -0.3 is 9.80 Å². The quantitative estimate of drug-likeness (QED) is 0.710. The van der Waals surface area contributed by atoms with Crippen LogP contribution in [0, 0.1) is 6.92 Å². The van der Waals surface area contributed by atoms with Crippen LogP contribution in [0.2, 0.25) is 0 Å². The van der Waals surface area contributed by atoms with Gasteiger partial charge in [0, 0.05) is 44.0 Å². The number of fused-ring (bicyclic) bond motifs is 1. The lowest BCUT2D eigenvalue weighted by atomic mass is 10.0. The minimum Gasteiger partial charge on any atom is -0.352 e. The van der Waals surface area contributed by atoms with Crippen LogP contribution in [0.1, 0.15) is 12.5 Å². The lowest BCUT2D eigenvalue weighted by Crippen LogP contribution is -2.48. The van der Waals surface area contributed by atoms with Gasteiger partial charge in [0.25, 0.3) is 0 Å². The zero-order valence-electron chi connectivity index (χ0n) is 14.4. The minimum absolute atomic E-state index is 0.142.